The summed E-state index contributed by atoms with van der Waals surface area (Å²) >= 11 is 0. The molecule has 1 heterocycles. The molecule has 0 aromatic heterocycles. The second-order valence-electron chi connectivity index (χ2n) is 18.5. The molecule has 272 valence electrons. The van der Waals surface area contributed by atoms with Gasteiger partial charge in [0, 0.05) is 7.11 Å². The van der Waals surface area contributed by atoms with E-state index in [2.05, 4.69) is 34.6 Å². The van der Waals surface area contributed by atoms with Crippen molar-refractivity contribution in [3.05, 3.63) is 0 Å². The van der Waals surface area contributed by atoms with Gasteiger partial charge in [-0.1, -0.05) is 34.6 Å². The van der Waals surface area contributed by atoms with Crippen molar-refractivity contribution >= 4 is 0 Å². The molecule has 10 heteroatoms. The van der Waals surface area contributed by atoms with Crippen molar-refractivity contribution in [3.63, 3.8) is 0 Å². The first-order valence-electron chi connectivity index (χ1n) is 18.3. The Hall–Kier alpha value is -0.400. The van der Waals surface area contributed by atoms with E-state index in [0.717, 1.165) is 44.9 Å². The van der Waals surface area contributed by atoms with Gasteiger partial charge in [-0.15, -0.1) is 0 Å². The summed E-state index contributed by atoms with van der Waals surface area (Å²) in [6.45, 7) is 14.6. The molecule has 2 spiro atoms. The lowest BCUT2D eigenvalue weighted by molar-refractivity contribution is -0.329. The quantitative estimate of drug-likeness (QED) is 0.182. The Morgan fingerprint density at radius 2 is 1.55 bits per heavy atom. The largest absolute Gasteiger partial charge is 0.394 e. The molecule has 17 atom stereocenters. The van der Waals surface area contributed by atoms with E-state index < -0.39 is 66.6 Å². The molecule has 5 saturated carbocycles. The fraction of sp³-hybridized carbons (Fsp3) is 1.00. The number of methoxy groups -OCH3 is 1. The van der Waals surface area contributed by atoms with Crippen LogP contribution in [-0.2, 0) is 14.2 Å². The topological polar surface area (TPSA) is 169 Å². The average Bonchev–Trinajstić information content (AvgIpc) is 3.60. The molecule has 6 fully saturated rings. The van der Waals surface area contributed by atoms with Gasteiger partial charge in [0.2, 0.25) is 0 Å². The predicted molar refractivity (Wildman–Crippen MR) is 174 cm³/mol. The number of aliphatic hydroxyl groups is 7. The molecule has 1 saturated heterocycles. The number of fused-ring (bicyclic) bond motifs is 2. The van der Waals surface area contributed by atoms with E-state index in [1.165, 1.54) is 0 Å². The van der Waals surface area contributed by atoms with Crippen molar-refractivity contribution in [2.75, 3.05) is 13.7 Å². The third-order valence-electron chi connectivity index (χ3n) is 16.0. The van der Waals surface area contributed by atoms with Crippen LogP contribution >= 0.6 is 0 Å². The number of ether oxygens (including phenoxy) is 3. The highest BCUT2D eigenvalue weighted by molar-refractivity contribution is 5.32. The molecular formula is C37H64O10. The first-order valence-corrected chi connectivity index (χ1v) is 18.3. The average molecular weight is 669 g/mol. The first-order chi connectivity index (χ1) is 21.8. The molecule has 7 N–H and O–H groups in total. The summed E-state index contributed by atoms with van der Waals surface area (Å²) in [5.41, 5.74) is -1.22. The summed E-state index contributed by atoms with van der Waals surface area (Å²) in [6.07, 6.45) is -0.881. The Morgan fingerprint density at radius 3 is 2.19 bits per heavy atom. The Bertz CT molecular complexity index is 1160. The Kier molecular flexibility index (Phi) is 9.15. The molecule has 0 aromatic carbocycles. The standard InChI is InChI=1S/C37H64O10/c1-19(9-10-24(41)33(4,5)45-8)26-21(40)16-35(7)23-15-20(39)30-32(2,3)25(47-31-29(44)28(43)27(42)22(17-38)46-31)11-12-37(30)18-36(23,37)14-13-34(26,35)6/h19-31,38-44H,9-18H2,1-8H3/t19-,20+,21-,22-,23+,24+,25-,26+,27-,28+,29-,30+,31+,34-,35+,36+,37-/m1/s1. The lowest BCUT2D eigenvalue weighted by atomic mass is 9.41. The van der Waals surface area contributed by atoms with Gasteiger partial charge in [-0.2, -0.15) is 0 Å². The predicted octanol–water partition coefficient (Wildman–Crippen LogP) is 2.75. The summed E-state index contributed by atoms with van der Waals surface area (Å²) in [6, 6.07) is 0. The highest BCUT2D eigenvalue weighted by atomic mass is 16.7. The van der Waals surface area contributed by atoms with Gasteiger partial charge in [0.15, 0.2) is 6.29 Å². The first kappa shape index (κ1) is 36.4. The molecule has 1 aliphatic heterocycles. The van der Waals surface area contributed by atoms with Crippen LogP contribution in [0, 0.1) is 50.7 Å². The normalized spacial score (nSPS) is 53.3. The molecule has 47 heavy (non-hydrogen) atoms. The van der Waals surface area contributed by atoms with Gasteiger partial charge >= 0.3 is 0 Å². The van der Waals surface area contributed by atoms with Crippen LogP contribution in [-0.4, -0.2) is 110 Å². The molecule has 0 unspecified atom stereocenters. The smallest absolute Gasteiger partial charge is 0.186 e. The third-order valence-corrected chi connectivity index (χ3v) is 16.0. The van der Waals surface area contributed by atoms with E-state index in [0.29, 0.717) is 18.8 Å². The number of rotatable bonds is 9. The molecule has 10 nitrogen and oxygen atoms in total. The van der Waals surface area contributed by atoms with Gasteiger partial charge in [0.05, 0.1) is 36.6 Å². The van der Waals surface area contributed by atoms with Crippen molar-refractivity contribution < 1.29 is 50.0 Å². The van der Waals surface area contributed by atoms with Crippen LogP contribution in [0.25, 0.3) is 0 Å². The van der Waals surface area contributed by atoms with Gasteiger partial charge in [-0.25, -0.2) is 0 Å². The van der Waals surface area contributed by atoms with E-state index >= 15 is 0 Å². The highest BCUT2D eigenvalue weighted by Gasteiger charge is 2.84. The van der Waals surface area contributed by atoms with Crippen molar-refractivity contribution in [1.29, 1.82) is 0 Å². The van der Waals surface area contributed by atoms with Gasteiger partial charge in [-0.3, -0.25) is 0 Å². The third kappa shape index (κ3) is 5.01. The maximum atomic E-state index is 12.2. The minimum atomic E-state index is -1.50. The maximum Gasteiger partial charge on any atom is 0.186 e. The van der Waals surface area contributed by atoms with Crippen LogP contribution in [0.4, 0.5) is 0 Å². The van der Waals surface area contributed by atoms with Crippen molar-refractivity contribution in [2.24, 2.45) is 50.7 Å². The Morgan fingerprint density at radius 1 is 0.872 bits per heavy atom. The highest BCUT2D eigenvalue weighted by Crippen LogP contribution is 2.89. The molecular weight excluding hydrogens is 604 g/mol. The number of aliphatic hydroxyl groups excluding tert-OH is 7. The van der Waals surface area contributed by atoms with Crippen molar-refractivity contribution in [2.45, 2.75) is 167 Å². The van der Waals surface area contributed by atoms with Crippen LogP contribution in [0.15, 0.2) is 0 Å². The minimum Gasteiger partial charge on any atom is -0.394 e. The molecule has 0 amide bonds. The van der Waals surface area contributed by atoms with E-state index in [-0.39, 0.29) is 45.5 Å². The fourth-order valence-corrected chi connectivity index (χ4v) is 13.2. The fourth-order valence-electron chi connectivity index (χ4n) is 13.2. The number of hydrogen-bond donors (Lipinski definition) is 7. The maximum absolute atomic E-state index is 12.2. The summed E-state index contributed by atoms with van der Waals surface area (Å²) < 4.78 is 17.7. The molecule has 6 aliphatic rings. The molecule has 0 aromatic rings. The van der Waals surface area contributed by atoms with Crippen molar-refractivity contribution in [1.82, 2.24) is 0 Å². The molecule has 0 bridgehead atoms. The summed E-state index contributed by atoms with van der Waals surface area (Å²) in [5.74, 6) is 0.626. The Labute approximate surface area is 281 Å². The molecule has 6 rings (SSSR count). The zero-order chi connectivity index (χ0) is 34.7. The van der Waals surface area contributed by atoms with Gasteiger partial charge in [0.1, 0.15) is 24.4 Å². The minimum absolute atomic E-state index is 0.0190. The lowest BCUT2D eigenvalue weighted by Gasteiger charge is -2.64. The van der Waals surface area contributed by atoms with Crippen LogP contribution in [0.2, 0.25) is 0 Å². The summed E-state index contributed by atoms with van der Waals surface area (Å²) in [4.78, 5) is 0. The number of hydrogen-bond acceptors (Lipinski definition) is 10. The molecule has 5 aliphatic carbocycles. The van der Waals surface area contributed by atoms with Gasteiger partial charge in [-0.05, 0) is 122 Å². The van der Waals surface area contributed by atoms with Crippen LogP contribution < -0.4 is 0 Å². The van der Waals surface area contributed by atoms with E-state index in [1.807, 2.05) is 13.8 Å². The van der Waals surface area contributed by atoms with Crippen LogP contribution in [0.3, 0.4) is 0 Å². The van der Waals surface area contributed by atoms with Gasteiger partial charge in [0.25, 0.3) is 0 Å². The van der Waals surface area contributed by atoms with E-state index in [1.54, 1.807) is 7.11 Å². The second kappa shape index (κ2) is 11.8. The SMILES string of the molecule is COC(C)(C)[C@@H](O)CC[C@@H](C)[C@H]1[C@H](O)C[C@@]2(C)[C@@H]3C[C@H](O)[C@H]4C(C)(C)[C@H](O[C@@H]5O[C@H](CO)[C@@H](O)[C@H](O)[C@H]5O)CC[C@@]45C[C@@]35CC[C@]12C. The summed E-state index contributed by atoms with van der Waals surface area (Å²) in [5, 5.41) is 75.8. The van der Waals surface area contributed by atoms with Crippen LogP contribution in [0.1, 0.15) is 106 Å². The van der Waals surface area contributed by atoms with Gasteiger partial charge < -0.3 is 50.0 Å². The second-order valence-corrected chi connectivity index (χ2v) is 18.5. The van der Waals surface area contributed by atoms with Crippen LogP contribution in [0.5, 0.6) is 0 Å². The Balaban J connectivity index is 1.21. The summed E-state index contributed by atoms with van der Waals surface area (Å²) in [7, 11) is 1.63. The zero-order valence-corrected chi connectivity index (χ0v) is 29.9. The zero-order valence-electron chi connectivity index (χ0n) is 29.9. The van der Waals surface area contributed by atoms with Crippen molar-refractivity contribution in [3.8, 4) is 0 Å². The lowest BCUT2D eigenvalue weighted by Crippen LogP contribution is -2.63. The van der Waals surface area contributed by atoms with E-state index in [9.17, 15) is 35.7 Å². The van der Waals surface area contributed by atoms with E-state index in [4.69, 9.17) is 14.2 Å². The molecule has 0 radical (unpaired) electrons. The monoisotopic (exact) mass is 668 g/mol.